The highest BCUT2D eigenvalue weighted by molar-refractivity contribution is 6.09. The topological polar surface area (TPSA) is 57.9 Å². The zero-order chi connectivity index (χ0) is 15.9. The molecule has 0 spiro atoms. The van der Waals surface area contributed by atoms with Crippen molar-refractivity contribution in [3.8, 4) is 17.2 Å². The molecule has 0 saturated heterocycles. The summed E-state index contributed by atoms with van der Waals surface area (Å²) >= 11 is 0. The third-order valence-corrected chi connectivity index (χ3v) is 3.66. The molecule has 0 aliphatic heterocycles. The van der Waals surface area contributed by atoms with Crippen molar-refractivity contribution < 1.29 is 18.6 Å². The molecule has 0 N–H and O–H groups in total. The van der Waals surface area contributed by atoms with Gasteiger partial charge in [0.15, 0.2) is 11.5 Å². The number of fused-ring (bicyclic) bond motifs is 3. The molecule has 114 valence electrons. The largest absolute Gasteiger partial charge is 0.493 e. The first-order valence-electron chi connectivity index (χ1n) is 6.76. The zero-order valence-electron chi connectivity index (χ0n) is 12.9. The molecule has 0 aliphatic carbocycles. The van der Waals surface area contributed by atoms with Crippen LogP contribution in [0.3, 0.4) is 0 Å². The van der Waals surface area contributed by atoms with Crippen molar-refractivity contribution in [3.05, 3.63) is 40.2 Å². The van der Waals surface area contributed by atoms with Crippen LogP contribution in [0.25, 0.3) is 21.7 Å². The fraction of sp³-hybridized carbons (Fsp3) is 0.235. The van der Waals surface area contributed by atoms with Gasteiger partial charge in [-0.05, 0) is 25.1 Å². The molecule has 0 saturated carbocycles. The Labute approximate surface area is 127 Å². The summed E-state index contributed by atoms with van der Waals surface area (Å²) in [5.41, 5.74) is 1.12. The normalized spacial score (nSPS) is 10.9. The predicted molar refractivity (Wildman–Crippen MR) is 84.4 cm³/mol. The van der Waals surface area contributed by atoms with Crippen molar-refractivity contribution in [2.75, 3.05) is 21.3 Å². The van der Waals surface area contributed by atoms with Crippen molar-refractivity contribution in [2.45, 2.75) is 6.92 Å². The van der Waals surface area contributed by atoms with Crippen molar-refractivity contribution in [2.24, 2.45) is 0 Å². The second-order valence-corrected chi connectivity index (χ2v) is 4.96. The van der Waals surface area contributed by atoms with Gasteiger partial charge in [-0.2, -0.15) is 0 Å². The average molecular weight is 300 g/mol. The van der Waals surface area contributed by atoms with E-state index in [-0.39, 0.29) is 0 Å². The molecule has 0 unspecified atom stereocenters. The number of hydrogen-bond acceptors (Lipinski definition) is 5. The third-order valence-electron chi connectivity index (χ3n) is 3.66. The molecule has 1 aromatic heterocycles. The van der Waals surface area contributed by atoms with Gasteiger partial charge in [-0.3, -0.25) is 0 Å². The highest BCUT2D eigenvalue weighted by Crippen LogP contribution is 2.44. The molecule has 3 rings (SSSR count). The maximum Gasteiger partial charge on any atom is 0.344 e. The van der Waals surface area contributed by atoms with Gasteiger partial charge in [-0.25, -0.2) is 4.79 Å². The van der Waals surface area contributed by atoms with E-state index in [0.717, 1.165) is 10.9 Å². The molecule has 1 heterocycles. The van der Waals surface area contributed by atoms with Gasteiger partial charge in [-0.15, -0.1) is 0 Å². The van der Waals surface area contributed by atoms with E-state index >= 15 is 0 Å². The molecular formula is C17H16O5. The highest BCUT2D eigenvalue weighted by atomic mass is 16.5. The summed E-state index contributed by atoms with van der Waals surface area (Å²) in [6.07, 6.45) is 0. The minimum Gasteiger partial charge on any atom is -0.493 e. The lowest BCUT2D eigenvalue weighted by molar-refractivity contribution is 0.327. The van der Waals surface area contributed by atoms with Crippen molar-refractivity contribution in [1.82, 2.24) is 0 Å². The summed E-state index contributed by atoms with van der Waals surface area (Å²) < 4.78 is 21.6. The quantitative estimate of drug-likeness (QED) is 0.549. The second kappa shape index (κ2) is 5.26. The molecule has 0 fully saturated rings. The molecule has 5 nitrogen and oxygen atoms in total. The SMILES string of the molecule is COc1cc2c(=O)oc3ccc(C)cc3c2c(OC)c1OC. The summed E-state index contributed by atoms with van der Waals surface area (Å²) in [5.74, 6) is 1.33. The van der Waals surface area contributed by atoms with Crippen LogP contribution in [0.1, 0.15) is 5.56 Å². The average Bonchev–Trinajstić information content (AvgIpc) is 2.53. The molecule has 5 heteroatoms. The molecule has 0 amide bonds. The maximum absolute atomic E-state index is 12.3. The Morgan fingerprint density at radius 3 is 2.27 bits per heavy atom. The number of ether oxygens (including phenoxy) is 3. The molecule has 0 atom stereocenters. The van der Waals surface area contributed by atoms with E-state index in [9.17, 15) is 4.79 Å². The van der Waals surface area contributed by atoms with Crippen LogP contribution in [0.4, 0.5) is 0 Å². The minimum absolute atomic E-state index is 0.396. The van der Waals surface area contributed by atoms with E-state index in [4.69, 9.17) is 18.6 Å². The second-order valence-electron chi connectivity index (χ2n) is 4.96. The monoisotopic (exact) mass is 300 g/mol. The third kappa shape index (κ3) is 1.97. The van der Waals surface area contributed by atoms with Gasteiger partial charge in [0, 0.05) is 10.8 Å². The molecule has 0 radical (unpaired) electrons. The van der Waals surface area contributed by atoms with Crippen LogP contribution < -0.4 is 19.8 Å². The van der Waals surface area contributed by atoms with Crippen LogP contribution >= 0.6 is 0 Å². The first-order valence-corrected chi connectivity index (χ1v) is 6.76. The summed E-state index contributed by atoms with van der Waals surface area (Å²) in [5, 5.41) is 1.86. The Morgan fingerprint density at radius 2 is 1.64 bits per heavy atom. The Bertz CT molecular complexity index is 924. The van der Waals surface area contributed by atoms with Crippen LogP contribution in [0, 0.1) is 6.92 Å². The first-order chi connectivity index (χ1) is 10.6. The molecule has 0 bridgehead atoms. The van der Waals surface area contributed by atoms with Gasteiger partial charge in [0.2, 0.25) is 5.75 Å². The van der Waals surface area contributed by atoms with Crippen LogP contribution in [0.15, 0.2) is 33.5 Å². The molecule has 2 aromatic carbocycles. The maximum atomic E-state index is 12.3. The minimum atomic E-state index is -0.439. The van der Waals surface area contributed by atoms with E-state index in [0.29, 0.717) is 33.6 Å². The Morgan fingerprint density at radius 1 is 0.909 bits per heavy atom. The summed E-state index contributed by atoms with van der Waals surface area (Å²) in [6.45, 7) is 1.98. The predicted octanol–water partition coefficient (Wildman–Crippen LogP) is 3.28. The molecular weight excluding hydrogens is 284 g/mol. The fourth-order valence-corrected chi connectivity index (χ4v) is 2.67. The van der Waals surface area contributed by atoms with Gasteiger partial charge in [0.05, 0.1) is 26.7 Å². The lowest BCUT2D eigenvalue weighted by atomic mass is 10.0. The van der Waals surface area contributed by atoms with Gasteiger partial charge < -0.3 is 18.6 Å². The number of rotatable bonds is 3. The van der Waals surface area contributed by atoms with E-state index in [1.54, 1.807) is 12.1 Å². The van der Waals surface area contributed by atoms with Crippen LogP contribution in [-0.2, 0) is 0 Å². The smallest absolute Gasteiger partial charge is 0.344 e. The molecule has 0 aliphatic rings. The Hall–Kier alpha value is -2.69. The molecule has 3 aromatic rings. The van der Waals surface area contributed by atoms with Crippen LogP contribution in [0.5, 0.6) is 17.2 Å². The van der Waals surface area contributed by atoms with E-state index in [1.165, 1.54) is 21.3 Å². The number of methoxy groups -OCH3 is 3. The van der Waals surface area contributed by atoms with Crippen molar-refractivity contribution in [1.29, 1.82) is 0 Å². The van der Waals surface area contributed by atoms with E-state index < -0.39 is 5.63 Å². The van der Waals surface area contributed by atoms with E-state index in [1.807, 2.05) is 19.1 Å². The highest BCUT2D eigenvalue weighted by Gasteiger charge is 2.20. The summed E-state index contributed by atoms with van der Waals surface area (Å²) in [7, 11) is 4.58. The Balaban J connectivity index is 2.63. The number of aryl methyl sites for hydroxylation is 1. The van der Waals surface area contributed by atoms with Crippen molar-refractivity contribution >= 4 is 21.7 Å². The van der Waals surface area contributed by atoms with Gasteiger partial charge in [0.1, 0.15) is 5.58 Å². The van der Waals surface area contributed by atoms with Gasteiger partial charge in [-0.1, -0.05) is 11.6 Å². The lowest BCUT2D eigenvalue weighted by Crippen LogP contribution is -2.04. The molecule has 22 heavy (non-hydrogen) atoms. The Kier molecular flexibility index (Phi) is 3.41. The van der Waals surface area contributed by atoms with E-state index in [2.05, 4.69) is 0 Å². The van der Waals surface area contributed by atoms with Crippen molar-refractivity contribution in [3.63, 3.8) is 0 Å². The van der Waals surface area contributed by atoms with Crippen LogP contribution in [0.2, 0.25) is 0 Å². The van der Waals surface area contributed by atoms with Gasteiger partial charge >= 0.3 is 5.63 Å². The lowest BCUT2D eigenvalue weighted by Gasteiger charge is -2.15. The fourth-order valence-electron chi connectivity index (χ4n) is 2.67. The van der Waals surface area contributed by atoms with Gasteiger partial charge in [0.25, 0.3) is 0 Å². The standard InChI is InChI=1S/C17H16O5/c1-9-5-6-12-10(7-9)14-11(17(18)22-12)8-13(19-2)15(20-3)16(14)21-4/h5-8H,1-4H3. The number of benzene rings is 2. The number of hydrogen-bond donors (Lipinski definition) is 0. The first kappa shape index (κ1) is 14.3. The van der Waals surface area contributed by atoms with Crippen LogP contribution in [-0.4, -0.2) is 21.3 Å². The zero-order valence-corrected chi connectivity index (χ0v) is 12.9. The summed E-state index contributed by atoms with van der Waals surface area (Å²) in [4.78, 5) is 12.3. The summed E-state index contributed by atoms with van der Waals surface area (Å²) in [6, 6.07) is 7.24.